The second kappa shape index (κ2) is 7.03. The fourth-order valence-electron chi connectivity index (χ4n) is 3.27. The maximum atomic E-state index is 12.4. The predicted molar refractivity (Wildman–Crippen MR) is 106 cm³/mol. The lowest BCUT2D eigenvalue weighted by Crippen LogP contribution is -2.30. The molecule has 3 aromatic rings. The first-order valence-electron chi connectivity index (χ1n) is 9.26. The third kappa shape index (κ3) is 3.85. The third-order valence-electron chi connectivity index (χ3n) is 5.02. The van der Waals surface area contributed by atoms with Gasteiger partial charge >= 0.3 is 0 Å². The normalized spacial score (nSPS) is 16.0. The van der Waals surface area contributed by atoms with Crippen molar-refractivity contribution in [3.05, 3.63) is 58.9 Å². The van der Waals surface area contributed by atoms with E-state index >= 15 is 0 Å². The van der Waals surface area contributed by atoms with Crippen LogP contribution in [0.1, 0.15) is 38.8 Å². The lowest BCUT2D eigenvalue weighted by Gasteiger charge is -2.28. The molecule has 0 aliphatic heterocycles. The van der Waals surface area contributed by atoms with Gasteiger partial charge in [-0.05, 0) is 48.4 Å². The summed E-state index contributed by atoms with van der Waals surface area (Å²) >= 11 is 0. The maximum absolute atomic E-state index is 12.4. The molecule has 0 atom stereocenters. The number of pyridine rings is 1. The molecule has 0 bridgehead atoms. The number of aromatic nitrogens is 5. The summed E-state index contributed by atoms with van der Waals surface area (Å²) in [6.45, 7) is 4.34. The monoisotopic (exact) mass is 378 g/mol. The number of fused-ring (bicyclic) bond motifs is 1. The largest absolute Gasteiger partial charge is 0.323 e. The number of nitrogens with one attached hydrogen (secondary N) is 1. The van der Waals surface area contributed by atoms with Crippen molar-refractivity contribution in [2.24, 2.45) is 5.41 Å². The fraction of sp³-hybridized carbons (Fsp3) is 0.350. The Morgan fingerprint density at radius 1 is 1.25 bits per heavy atom. The van der Waals surface area contributed by atoms with Crippen molar-refractivity contribution >= 4 is 22.8 Å². The van der Waals surface area contributed by atoms with Crippen LogP contribution in [-0.4, -0.2) is 30.3 Å². The van der Waals surface area contributed by atoms with Gasteiger partial charge in [0.05, 0.1) is 17.6 Å². The van der Waals surface area contributed by atoms with Gasteiger partial charge in [0.15, 0.2) is 5.65 Å². The molecule has 1 amide bonds. The summed E-state index contributed by atoms with van der Waals surface area (Å²) in [4.78, 5) is 28.6. The number of allylic oxidation sites excluding steroid dienone is 2. The highest BCUT2D eigenvalue weighted by molar-refractivity contribution is 5.90. The first-order chi connectivity index (χ1) is 13.4. The van der Waals surface area contributed by atoms with Gasteiger partial charge in [0.1, 0.15) is 12.9 Å². The third-order valence-corrected chi connectivity index (χ3v) is 5.02. The number of carbonyl (C=O) groups excluding carboxylic acids is 1. The van der Waals surface area contributed by atoms with Crippen LogP contribution in [0.15, 0.2) is 47.7 Å². The highest BCUT2D eigenvalue weighted by Crippen LogP contribution is 2.37. The summed E-state index contributed by atoms with van der Waals surface area (Å²) in [5.74, 6) is -0.329. The fourth-order valence-corrected chi connectivity index (χ4v) is 3.27. The maximum Gasteiger partial charge on any atom is 0.267 e. The van der Waals surface area contributed by atoms with E-state index in [-0.39, 0.29) is 18.0 Å². The van der Waals surface area contributed by atoms with E-state index in [0.29, 0.717) is 16.7 Å². The van der Waals surface area contributed by atoms with Crippen LogP contribution in [-0.2, 0) is 11.3 Å². The topological polar surface area (TPSA) is 94.2 Å². The summed E-state index contributed by atoms with van der Waals surface area (Å²) in [5, 5.41) is 11.2. The van der Waals surface area contributed by atoms with Crippen molar-refractivity contribution in [3.8, 4) is 0 Å². The number of anilines is 1. The van der Waals surface area contributed by atoms with E-state index in [1.165, 1.54) is 17.1 Å². The van der Waals surface area contributed by atoms with Crippen LogP contribution >= 0.6 is 0 Å². The van der Waals surface area contributed by atoms with Crippen molar-refractivity contribution < 1.29 is 4.79 Å². The first-order valence-corrected chi connectivity index (χ1v) is 9.26. The molecule has 144 valence electrons. The number of hydrogen-bond acceptors (Lipinski definition) is 5. The second-order valence-electron chi connectivity index (χ2n) is 7.84. The average molecular weight is 378 g/mol. The summed E-state index contributed by atoms with van der Waals surface area (Å²) in [6, 6.07) is 6.70. The van der Waals surface area contributed by atoms with Gasteiger partial charge in [-0.25, -0.2) is 14.2 Å². The number of carbonyl (C=O) groups is 1. The molecular weight excluding hydrogens is 356 g/mol. The summed E-state index contributed by atoms with van der Waals surface area (Å²) < 4.78 is 2.77. The molecule has 3 aromatic heterocycles. The summed E-state index contributed by atoms with van der Waals surface area (Å²) in [7, 11) is 0. The predicted octanol–water partition coefficient (Wildman–Crippen LogP) is 2.52. The van der Waals surface area contributed by atoms with Crippen molar-refractivity contribution in [3.63, 3.8) is 0 Å². The number of nitrogens with zero attached hydrogens (tertiary/aromatic N) is 5. The van der Waals surface area contributed by atoms with Crippen LogP contribution in [0.3, 0.4) is 0 Å². The molecule has 0 saturated carbocycles. The smallest absolute Gasteiger partial charge is 0.267 e. The van der Waals surface area contributed by atoms with E-state index < -0.39 is 0 Å². The highest BCUT2D eigenvalue weighted by atomic mass is 16.2. The molecule has 0 aromatic carbocycles. The Morgan fingerprint density at radius 2 is 2.11 bits per heavy atom. The molecule has 1 aliphatic rings. The molecule has 0 fully saturated rings. The standard InChI is InChI=1S/C20H22N6O2/c1-20(2)9-7-14(8-10-20)16-4-6-19(28)26(24-16)12-18(27)23-15-3-5-17-21-13-22-25(17)11-15/h3-7,11,13H,8-10,12H2,1-2H3,(H,23,27). The Bertz CT molecular complexity index is 1120. The van der Waals surface area contributed by atoms with Gasteiger partial charge < -0.3 is 5.32 Å². The minimum absolute atomic E-state index is 0.152. The van der Waals surface area contributed by atoms with Crippen LogP contribution in [0.5, 0.6) is 0 Å². The van der Waals surface area contributed by atoms with E-state index in [0.717, 1.165) is 30.5 Å². The van der Waals surface area contributed by atoms with E-state index in [1.807, 2.05) is 0 Å². The summed E-state index contributed by atoms with van der Waals surface area (Å²) in [5.41, 5.74) is 3.14. The average Bonchev–Trinajstić information content (AvgIpc) is 3.11. The van der Waals surface area contributed by atoms with Crippen LogP contribution < -0.4 is 10.9 Å². The van der Waals surface area contributed by atoms with Gasteiger partial charge in [0, 0.05) is 6.07 Å². The summed E-state index contributed by atoms with van der Waals surface area (Å²) in [6.07, 6.45) is 8.27. The van der Waals surface area contributed by atoms with Crippen LogP contribution in [0.25, 0.3) is 11.2 Å². The minimum Gasteiger partial charge on any atom is -0.323 e. The minimum atomic E-state index is -0.329. The van der Waals surface area contributed by atoms with Gasteiger partial charge in [-0.3, -0.25) is 9.59 Å². The first kappa shape index (κ1) is 18.1. The lowest BCUT2D eigenvalue weighted by molar-refractivity contribution is -0.117. The second-order valence-corrected chi connectivity index (χ2v) is 7.84. The number of rotatable bonds is 4. The SMILES string of the molecule is CC1(C)CC=C(c2ccc(=O)n(CC(=O)Nc3ccc4ncnn4c3)n2)CC1. The van der Waals surface area contributed by atoms with Gasteiger partial charge in [-0.15, -0.1) is 0 Å². The van der Waals surface area contributed by atoms with Gasteiger partial charge in [-0.1, -0.05) is 19.9 Å². The van der Waals surface area contributed by atoms with Crippen molar-refractivity contribution in [1.82, 2.24) is 24.4 Å². The molecule has 1 N–H and O–H groups in total. The molecule has 0 radical (unpaired) electrons. The zero-order chi connectivity index (χ0) is 19.7. The Balaban J connectivity index is 1.50. The molecule has 0 saturated heterocycles. The van der Waals surface area contributed by atoms with Crippen LogP contribution in [0.2, 0.25) is 0 Å². The molecule has 3 heterocycles. The lowest BCUT2D eigenvalue weighted by atomic mass is 9.78. The highest BCUT2D eigenvalue weighted by Gasteiger charge is 2.22. The molecular formula is C20H22N6O2. The van der Waals surface area contributed by atoms with Crippen LogP contribution in [0.4, 0.5) is 5.69 Å². The van der Waals surface area contributed by atoms with Crippen molar-refractivity contribution in [2.45, 2.75) is 39.7 Å². The Morgan fingerprint density at radius 3 is 2.89 bits per heavy atom. The number of hydrogen-bond donors (Lipinski definition) is 1. The van der Waals surface area contributed by atoms with Crippen molar-refractivity contribution in [2.75, 3.05) is 5.32 Å². The van der Waals surface area contributed by atoms with E-state index in [4.69, 9.17) is 0 Å². The molecule has 8 heteroatoms. The van der Waals surface area contributed by atoms with Gasteiger partial charge in [0.25, 0.3) is 5.56 Å². The Kier molecular flexibility index (Phi) is 4.54. The molecule has 0 unspecified atom stereocenters. The quantitative estimate of drug-likeness (QED) is 0.753. The molecule has 1 aliphatic carbocycles. The molecule has 8 nitrogen and oxygen atoms in total. The Hall–Kier alpha value is -3.29. The van der Waals surface area contributed by atoms with Gasteiger partial charge in [0.2, 0.25) is 5.91 Å². The molecule has 4 rings (SSSR count). The van der Waals surface area contributed by atoms with E-state index in [9.17, 15) is 9.59 Å². The van der Waals surface area contributed by atoms with E-state index in [1.54, 1.807) is 28.9 Å². The Labute approximate surface area is 161 Å². The zero-order valence-electron chi connectivity index (χ0n) is 15.9. The molecule has 0 spiro atoms. The molecule has 28 heavy (non-hydrogen) atoms. The van der Waals surface area contributed by atoms with E-state index in [2.05, 4.69) is 40.4 Å². The van der Waals surface area contributed by atoms with Crippen LogP contribution in [0, 0.1) is 5.41 Å². The zero-order valence-corrected chi connectivity index (χ0v) is 15.9. The number of amides is 1. The van der Waals surface area contributed by atoms with Gasteiger partial charge in [-0.2, -0.15) is 10.2 Å². The van der Waals surface area contributed by atoms with Crippen molar-refractivity contribution in [1.29, 1.82) is 0 Å².